The number of hydrogen-bond acceptors (Lipinski definition) is 4. The van der Waals surface area contributed by atoms with Crippen LogP contribution in [0.5, 0.6) is 0 Å². The van der Waals surface area contributed by atoms with Gasteiger partial charge in [0.15, 0.2) is 6.61 Å². The molecule has 0 fully saturated rings. The average Bonchev–Trinajstić information content (AvgIpc) is 2.98. The number of ether oxygens (including phenoxy) is 1. The fraction of sp³-hybridized carbons (Fsp3) is 0.158. The number of carbonyl (C=O) groups excluding carboxylic acids is 2. The van der Waals surface area contributed by atoms with E-state index in [9.17, 15) is 18.4 Å². The van der Waals surface area contributed by atoms with Crippen molar-refractivity contribution in [2.75, 3.05) is 11.9 Å². The summed E-state index contributed by atoms with van der Waals surface area (Å²) in [7, 11) is 0. The Labute approximate surface area is 147 Å². The molecule has 1 aromatic heterocycles. The van der Waals surface area contributed by atoms with Crippen LogP contribution in [-0.2, 0) is 20.7 Å². The zero-order valence-electron chi connectivity index (χ0n) is 13.8. The molecule has 1 amide bonds. The molecule has 26 heavy (non-hydrogen) atoms. The second-order valence-corrected chi connectivity index (χ2v) is 5.77. The second kappa shape index (κ2) is 7.35. The molecule has 3 rings (SSSR count). The lowest BCUT2D eigenvalue weighted by molar-refractivity contribution is -0.146. The summed E-state index contributed by atoms with van der Waals surface area (Å²) < 4.78 is 36.8. The van der Waals surface area contributed by atoms with E-state index < -0.39 is 30.1 Å². The zero-order valence-corrected chi connectivity index (χ0v) is 13.8. The summed E-state index contributed by atoms with van der Waals surface area (Å²) in [5, 5.41) is 2.94. The fourth-order valence-electron chi connectivity index (χ4n) is 2.46. The standard InChI is InChI=1S/C19H15F2NO4/c1-11-2-4-14-12(9-25-17(14)6-11)7-19(24)26-10-18(23)22-16-8-13(20)3-5-15(16)21/h2-6,8-9H,7,10H2,1H3,(H,22,23). The Morgan fingerprint density at radius 1 is 1.15 bits per heavy atom. The monoisotopic (exact) mass is 359 g/mol. The topological polar surface area (TPSA) is 68.5 Å². The van der Waals surface area contributed by atoms with Crippen molar-refractivity contribution in [2.24, 2.45) is 0 Å². The number of aryl methyl sites for hydroxylation is 1. The number of hydrogen-bond donors (Lipinski definition) is 1. The molecule has 0 spiro atoms. The molecule has 0 saturated carbocycles. The van der Waals surface area contributed by atoms with Crippen LogP contribution < -0.4 is 5.32 Å². The first-order chi connectivity index (χ1) is 12.4. The van der Waals surface area contributed by atoms with E-state index in [1.54, 1.807) is 0 Å². The van der Waals surface area contributed by atoms with Crippen LogP contribution in [0.3, 0.4) is 0 Å². The summed E-state index contributed by atoms with van der Waals surface area (Å²) in [6, 6.07) is 8.26. The lowest BCUT2D eigenvalue weighted by atomic mass is 10.1. The highest BCUT2D eigenvalue weighted by Gasteiger charge is 2.14. The number of benzene rings is 2. The first kappa shape index (κ1) is 17.6. The molecular formula is C19H15F2NO4. The molecular weight excluding hydrogens is 344 g/mol. The number of amides is 1. The van der Waals surface area contributed by atoms with Crippen molar-refractivity contribution < 1.29 is 27.5 Å². The summed E-state index contributed by atoms with van der Waals surface area (Å²) in [6.45, 7) is 1.32. The number of fused-ring (bicyclic) bond motifs is 1. The average molecular weight is 359 g/mol. The van der Waals surface area contributed by atoms with Gasteiger partial charge >= 0.3 is 5.97 Å². The largest absolute Gasteiger partial charge is 0.464 e. The molecule has 0 aliphatic rings. The number of rotatable bonds is 5. The summed E-state index contributed by atoms with van der Waals surface area (Å²) >= 11 is 0. The predicted octanol–water partition coefficient (Wildman–Crippen LogP) is 3.74. The highest BCUT2D eigenvalue weighted by atomic mass is 19.1. The van der Waals surface area contributed by atoms with Crippen molar-refractivity contribution in [1.82, 2.24) is 0 Å². The molecule has 0 radical (unpaired) electrons. The van der Waals surface area contributed by atoms with E-state index in [1.807, 2.05) is 25.1 Å². The van der Waals surface area contributed by atoms with E-state index in [-0.39, 0.29) is 12.1 Å². The van der Waals surface area contributed by atoms with Crippen molar-refractivity contribution in [3.63, 3.8) is 0 Å². The van der Waals surface area contributed by atoms with Crippen LogP contribution in [-0.4, -0.2) is 18.5 Å². The van der Waals surface area contributed by atoms with Crippen molar-refractivity contribution in [3.05, 3.63) is 65.4 Å². The van der Waals surface area contributed by atoms with Gasteiger partial charge in [0.25, 0.3) is 5.91 Å². The van der Waals surface area contributed by atoms with Crippen LogP contribution >= 0.6 is 0 Å². The van der Waals surface area contributed by atoms with Gasteiger partial charge in [-0.1, -0.05) is 12.1 Å². The van der Waals surface area contributed by atoms with Crippen LogP contribution in [0.4, 0.5) is 14.5 Å². The minimum absolute atomic E-state index is 0.0718. The Kier molecular flexibility index (Phi) is 4.97. The molecule has 0 atom stereocenters. The zero-order chi connectivity index (χ0) is 18.7. The Morgan fingerprint density at radius 3 is 2.77 bits per heavy atom. The minimum Gasteiger partial charge on any atom is -0.464 e. The van der Waals surface area contributed by atoms with E-state index >= 15 is 0 Å². The van der Waals surface area contributed by atoms with Gasteiger partial charge in [0.05, 0.1) is 18.4 Å². The summed E-state index contributed by atoms with van der Waals surface area (Å²) in [5.74, 6) is -2.88. The van der Waals surface area contributed by atoms with Gasteiger partial charge in [-0.15, -0.1) is 0 Å². The van der Waals surface area contributed by atoms with Gasteiger partial charge in [-0.05, 0) is 30.7 Å². The van der Waals surface area contributed by atoms with Crippen LogP contribution in [0.25, 0.3) is 11.0 Å². The van der Waals surface area contributed by atoms with Gasteiger partial charge < -0.3 is 14.5 Å². The number of halogens is 2. The number of carbonyl (C=O) groups is 2. The normalized spacial score (nSPS) is 10.7. The Morgan fingerprint density at radius 2 is 1.96 bits per heavy atom. The summed E-state index contributed by atoms with van der Waals surface area (Å²) in [4.78, 5) is 23.7. The number of anilines is 1. The number of esters is 1. The van der Waals surface area contributed by atoms with Crippen LogP contribution in [0, 0.1) is 18.6 Å². The van der Waals surface area contributed by atoms with Gasteiger partial charge in [0.1, 0.15) is 17.2 Å². The summed E-state index contributed by atoms with van der Waals surface area (Å²) in [5.41, 5.74) is 2.01. The maximum atomic E-state index is 13.5. The molecule has 1 heterocycles. The molecule has 0 aliphatic heterocycles. The maximum Gasteiger partial charge on any atom is 0.310 e. The van der Waals surface area contributed by atoms with E-state index in [0.29, 0.717) is 11.1 Å². The second-order valence-electron chi connectivity index (χ2n) is 5.77. The highest BCUT2D eigenvalue weighted by molar-refractivity contribution is 5.93. The SMILES string of the molecule is Cc1ccc2c(CC(=O)OCC(=O)Nc3cc(F)ccc3F)coc2c1. The molecule has 3 aromatic rings. The first-order valence-corrected chi connectivity index (χ1v) is 7.79. The third-order valence-electron chi connectivity index (χ3n) is 3.71. The van der Waals surface area contributed by atoms with E-state index in [4.69, 9.17) is 9.15 Å². The van der Waals surface area contributed by atoms with E-state index in [2.05, 4.69) is 5.32 Å². The fourth-order valence-corrected chi connectivity index (χ4v) is 2.46. The third kappa shape index (κ3) is 4.05. The molecule has 0 aliphatic carbocycles. The van der Waals surface area contributed by atoms with Crippen molar-refractivity contribution in [1.29, 1.82) is 0 Å². The third-order valence-corrected chi connectivity index (χ3v) is 3.71. The van der Waals surface area contributed by atoms with Gasteiger partial charge in [-0.2, -0.15) is 0 Å². The smallest absolute Gasteiger partial charge is 0.310 e. The molecule has 7 heteroatoms. The quantitative estimate of drug-likeness (QED) is 0.705. The van der Waals surface area contributed by atoms with E-state index in [1.165, 1.54) is 6.26 Å². The predicted molar refractivity (Wildman–Crippen MR) is 90.6 cm³/mol. The molecule has 5 nitrogen and oxygen atoms in total. The van der Waals surface area contributed by atoms with Crippen molar-refractivity contribution in [2.45, 2.75) is 13.3 Å². The van der Waals surface area contributed by atoms with Crippen LogP contribution in [0.2, 0.25) is 0 Å². The summed E-state index contributed by atoms with van der Waals surface area (Å²) in [6.07, 6.45) is 1.39. The lowest BCUT2D eigenvalue weighted by Crippen LogP contribution is -2.22. The van der Waals surface area contributed by atoms with Crippen LogP contribution in [0.15, 0.2) is 47.1 Å². The van der Waals surface area contributed by atoms with Crippen molar-refractivity contribution >= 4 is 28.5 Å². The molecule has 0 bridgehead atoms. The molecule has 0 unspecified atom stereocenters. The Balaban J connectivity index is 1.56. The number of furan rings is 1. The molecule has 134 valence electrons. The first-order valence-electron chi connectivity index (χ1n) is 7.79. The minimum atomic E-state index is -0.786. The highest BCUT2D eigenvalue weighted by Crippen LogP contribution is 2.23. The number of nitrogens with one attached hydrogen (secondary N) is 1. The Hall–Kier alpha value is -3.22. The van der Waals surface area contributed by atoms with Gasteiger partial charge in [-0.3, -0.25) is 9.59 Å². The van der Waals surface area contributed by atoms with Gasteiger partial charge in [0.2, 0.25) is 0 Å². The maximum absolute atomic E-state index is 13.5. The molecule has 1 N–H and O–H groups in total. The van der Waals surface area contributed by atoms with Crippen LogP contribution in [0.1, 0.15) is 11.1 Å². The van der Waals surface area contributed by atoms with Crippen molar-refractivity contribution in [3.8, 4) is 0 Å². The lowest BCUT2D eigenvalue weighted by Gasteiger charge is -2.07. The van der Waals surface area contributed by atoms with Gasteiger partial charge in [0, 0.05) is 17.0 Å². The Bertz CT molecular complexity index is 981. The molecule has 2 aromatic carbocycles. The van der Waals surface area contributed by atoms with Gasteiger partial charge in [-0.25, -0.2) is 8.78 Å². The molecule has 0 saturated heterocycles. The van der Waals surface area contributed by atoms with E-state index in [0.717, 1.165) is 29.1 Å².